The minimum Gasteiger partial charge on any atom is -0.363 e. The Labute approximate surface area is 143 Å². The van der Waals surface area contributed by atoms with Crippen LogP contribution in [0.2, 0.25) is 0 Å². The number of thiazole rings is 1. The molecule has 128 valence electrons. The Balaban J connectivity index is 2.24. The first-order chi connectivity index (χ1) is 10.7. The number of hydrogen-bond donors (Lipinski definition) is 1. The highest BCUT2D eigenvalue weighted by Gasteiger charge is 2.21. The molecule has 0 aromatic carbocycles. The molecule has 0 spiro atoms. The van der Waals surface area contributed by atoms with E-state index in [9.17, 15) is 0 Å². The van der Waals surface area contributed by atoms with E-state index < -0.39 is 0 Å². The van der Waals surface area contributed by atoms with E-state index in [-0.39, 0.29) is 6.04 Å². The molecule has 0 bridgehead atoms. The summed E-state index contributed by atoms with van der Waals surface area (Å²) < 4.78 is 1.99. The van der Waals surface area contributed by atoms with Crippen LogP contribution in [0.5, 0.6) is 0 Å². The number of nitrogens with one attached hydrogen (secondary N) is 1. The summed E-state index contributed by atoms with van der Waals surface area (Å²) in [5.74, 6) is 1.58. The maximum atomic E-state index is 4.73. The summed E-state index contributed by atoms with van der Waals surface area (Å²) >= 11 is 1.78. The van der Waals surface area contributed by atoms with Crippen molar-refractivity contribution < 1.29 is 0 Å². The molecule has 1 atom stereocenters. The second-order valence-electron chi connectivity index (χ2n) is 6.65. The topological polar surface area (TPSA) is 46.0 Å². The number of aromatic nitrogens is 3. The largest absolute Gasteiger partial charge is 0.363 e. The van der Waals surface area contributed by atoms with Crippen molar-refractivity contribution in [2.45, 2.75) is 53.1 Å². The minimum absolute atomic E-state index is 0.288. The standard InChI is InChI=1S/C17H29N5S/c1-10(2)15-14(17(21(6)7)22(8)20-15)9-18-11(3)16-12(4)19-13(5)23-16/h10-11,18H,9H2,1-8H3/t11-/m0/s1. The number of anilines is 1. The first kappa shape index (κ1) is 17.9. The van der Waals surface area contributed by atoms with E-state index in [4.69, 9.17) is 5.10 Å². The Kier molecular flexibility index (Phi) is 5.47. The predicted octanol–water partition coefficient (Wildman–Crippen LogP) is 3.53. The Morgan fingerprint density at radius 2 is 1.87 bits per heavy atom. The molecule has 0 amide bonds. The van der Waals surface area contributed by atoms with Gasteiger partial charge in [-0.2, -0.15) is 5.10 Å². The third-order valence-electron chi connectivity index (χ3n) is 4.03. The van der Waals surface area contributed by atoms with Gasteiger partial charge < -0.3 is 10.2 Å². The van der Waals surface area contributed by atoms with Gasteiger partial charge >= 0.3 is 0 Å². The molecule has 0 unspecified atom stereocenters. The fraction of sp³-hybridized carbons (Fsp3) is 0.647. The maximum absolute atomic E-state index is 4.73. The molecular weight excluding hydrogens is 306 g/mol. The third-order valence-corrected chi connectivity index (χ3v) is 5.29. The Hall–Kier alpha value is -1.40. The van der Waals surface area contributed by atoms with Gasteiger partial charge in [-0.1, -0.05) is 13.8 Å². The van der Waals surface area contributed by atoms with Crippen LogP contribution in [-0.4, -0.2) is 28.9 Å². The molecule has 2 aromatic rings. The van der Waals surface area contributed by atoms with Gasteiger partial charge in [-0.25, -0.2) is 4.98 Å². The van der Waals surface area contributed by atoms with E-state index in [1.165, 1.54) is 22.0 Å². The Bertz CT molecular complexity index is 669. The van der Waals surface area contributed by atoms with Gasteiger partial charge in [-0.3, -0.25) is 4.68 Å². The van der Waals surface area contributed by atoms with Crippen LogP contribution >= 0.6 is 11.3 Å². The molecule has 0 aliphatic rings. The Morgan fingerprint density at radius 1 is 1.22 bits per heavy atom. The molecule has 0 aliphatic carbocycles. The van der Waals surface area contributed by atoms with Gasteiger partial charge in [0.25, 0.3) is 0 Å². The zero-order valence-corrected chi connectivity index (χ0v) is 16.4. The lowest BCUT2D eigenvalue weighted by Crippen LogP contribution is -2.21. The molecule has 0 radical (unpaired) electrons. The lowest BCUT2D eigenvalue weighted by atomic mass is 10.0. The van der Waals surface area contributed by atoms with Crippen LogP contribution in [0, 0.1) is 13.8 Å². The first-order valence-corrected chi connectivity index (χ1v) is 8.94. The van der Waals surface area contributed by atoms with Crippen LogP contribution in [0.25, 0.3) is 0 Å². The predicted molar refractivity (Wildman–Crippen MR) is 98.5 cm³/mol. The van der Waals surface area contributed by atoms with Crippen molar-refractivity contribution >= 4 is 17.2 Å². The molecule has 2 rings (SSSR count). The van der Waals surface area contributed by atoms with E-state index in [1.54, 1.807) is 11.3 Å². The molecule has 2 heterocycles. The zero-order valence-electron chi connectivity index (χ0n) is 15.6. The van der Waals surface area contributed by atoms with Crippen molar-refractivity contribution in [3.63, 3.8) is 0 Å². The van der Waals surface area contributed by atoms with Crippen molar-refractivity contribution in [2.24, 2.45) is 7.05 Å². The Morgan fingerprint density at radius 3 is 2.35 bits per heavy atom. The van der Waals surface area contributed by atoms with E-state index in [1.807, 2.05) is 11.7 Å². The van der Waals surface area contributed by atoms with Crippen LogP contribution in [0.1, 0.15) is 59.6 Å². The molecule has 0 aliphatic heterocycles. The van der Waals surface area contributed by atoms with Crippen molar-refractivity contribution in [1.29, 1.82) is 0 Å². The highest BCUT2D eigenvalue weighted by Crippen LogP contribution is 2.29. The molecule has 0 saturated carbocycles. The van der Waals surface area contributed by atoms with Gasteiger partial charge in [0, 0.05) is 44.2 Å². The molecule has 2 aromatic heterocycles. The average molecular weight is 336 g/mol. The van der Waals surface area contributed by atoms with Gasteiger partial charge in [0.1, 0.15) is 5.82 Å². The van der Waals surface area contributed by atoms with Crippen LogP contribution in [0.4, 0.5) is 5.82 Å². The quantitative estimate of drug-likeness (QED) is 0.877. The average Bonchev–Trinajstić information content (AvgIpc) is 2.95. The van der Waals surface area contributed by atoms with Crippen molar-refractivity contribution in [3.8, 4) is 0 Å². The summed E-state index contributed by atoms with van der Waals surface area (Å²) in [6.45, 7) is 11.6. The number of nitrogens with zero attached hydrogens (tertiary/aromatic N) is 4. The second-order valence-corrected chi connectivity index (χ2v) is 7.88. The van der Waals surface area contributed by atoms with Gasteiger partial charge in [-0.15, -0.1) is 11.3 Å². The molecule has 1 N–H and O–H groups in total. The van der Waals surface area contributed by atoms with Crippen LogP contribution in [0.15, 0.2) is 0 Å². The highest BCUT2D eigenvalue weighted by molar-refractivity contribution is 7.11. The van der Waals surface area contributed by atoms with Crippen LogP contribution < -0.4 is 10.2 Å². The van der Waals surface area contributed by atoms with E-state index >= 15 is 0 Å². The summed E-state index contributed by atoms with van der Waals surface area (Å²) in [6, 6.07) is 0.288. The number of hydrogen-bond acceptors (Lipinski definition) is 5. The fourth-order valence-electron chi connectivity index (χ4n) is 3.07. The van der Waals surface area contributed by atoms with Crippen LogP contribution in [0.3, 0.4) is 0 Å². The fourth-order valence-corrected chi connectivity index (χ4v) is 4.02. The molecule has 0 saturated heterocycles. The van der Waals surface area contributed by atoms with Crippen LogP contribution in [-0.2, 0) is 13.6 Å². The summed E-state index contributed by atoms with van der Waals surface area (Å²) in [4.78, 5) is 8.00. The highest BCUT2D eigenvalue weighted by atomic mass is 32.1. The number of aryl methyl sites for hydroxylation is 3. The van der Waals surface area contributed by atoms with Gasteiger partial charge in [0.05, 0.1) is 16.4 Å². The molecule has 23 heavy (non-hydrogen) atoms. The lowest BCUT2D eigenvalue weighted by molar-refractivity contribution is 0.575. The SMILES string of the molecule is Cc1nc(C)c([C@H](C)NCc2c(C(C)C)nn(C)c2N(C)C)s1. The normalized spacial score (nSPS) is 12.9. The third kappa shape index (κ3) is 3.75. The van der Waals surface area contributed by atoms with E-state index in [0.29, 0.717) is 5.92 Å². The molecule has 6 heteroatoms. The molecular formula is C17H29N5S. The van der Waals surface area contributed by atoms with E-state index in [2.05, 4.69) is 63.9 Å². The van der Waals surface area contributed by atoms with Gasteiger partial charge in [0.2, 0.25) is 0 Å². The van der Waals surface area contributed by atoms with Crippen molar-refractivity contribution in [1.82, 2.24) is 20.1 Å². The molecule has 5 nitrogen and oxygen atoms in total. The smallest absolute Gasteiger partial charge is 0.130 e. The summed E-state index contributed by atoms with van der Waals surface area (Å²) in [6.07, 6.45) is 0. The maximum Gasteiger partial charge on any atom is 0.130 e. The van der Waals surface area contributed by atoms with Gasteiger partial charge in [0.15, 0.2) is 0 Å². The number of rotatable bonds is 6. The summed E-state index contributed by atoms with van der Waals surface area (Å²) in [5, 5.41) is 9.52. The second kappa shape index (κ2) is 7.01. The minimum atomic E-state index is 0.288. The zero-order chi connectivity index (χ0) is 17.3. The monoisotopic (exact) mass is 335 g/mol. The van der Waals surface area contributed by atoms with E-state index in [0.717, 1.165) is 17.2 Å². The van der Waals surface area contributed by atoms with Crippen molar-refractivity contribution in [3.05, 3.63) is 26.8 Å². The lowest BCUT2D eigenvalue weighted by Gasteiger charge is -2.18. The van der Waals surface area contributed by atoms with Gasteiger partial charge in [-0.05, 0) is 26.7 Å². The van der Waals surface area contributed by atoms with Crippen molar-refractivity contribution in [2.75, 3.05) is 19.0 Å². The summed E-state index contributed by atoms with van der Waals surface area (Å²) in [7, 11) is 6.17. The first-order valence-electron chi connectivity index (χ1n) is 8.12. The summed E-state index contributed by atoms with van der Waals surface area (Å²) in [5.41, 5.74) is 3.60. The molecule has 0 fully saturated rings.